The lowest BCUT2D eigenvalue weighted by Crippen LogP contribution is -2.04. The molecule has 3 aromatic heterocycles. The van der Waals surface area contributed by atoms with Gasteiger partial charge in [-0.3, -0.25) is 0 Å². The molecule has 0 fully saturated rings. The molecule has 0 aliphatic carbocycles. The van der Waals surface area contributed by atoms with E-state index in [1.807, 2.05) is 13.2 Å². The summed E-state index contributed by atoms with van der Waals surface area (Å²) in [6.45, 7) is 0.775. The first kappa shape index (κ1) is 9.91. The summed E-state index contributed by atoms with van der Waals surface area (Å²) in [4.78, 5) is 15.4. The molecule has 17 heavy (non-hydrogen) atoms. The van der Waals surface area contributed by atoms with Gasteiger partial charge in [0, 0.05) is 18.3 Å². The molecule has 2 N–H and O–H groups in total. The van der Waals surface area contributed by atoms with Crippen molar-refractivity contribution in [2.45, 2.75) is 6.54 Å². The van der Waals surface area contributed by atoms with Gasteiger partial charge in [-0.05, 0) is 7.05 Å². The van der Waals surface area contributed by atoms with Gasteiger partial charge < -0.3 is 10.3 Å². The molecule has 3 heterocycles. The monoisotopic (exact) mass is 229 g/mol. The largest absolute Gasteiger partial charge is 0.340 e. The summed E-state index contributed by atoms with van der Waals surface area (Å²) in [7, 11) is 1.90. The van der Waals surface area contributed by atoms with Crippen molar-refractivity contribution in [1.82, 2.24) is 35.0 Å². The fourth-order valence-electron chi connectivity index (χ4n) is 1.70. The third kappa shape index (κ3) is 1.66. The third-order valence-corrected chi connectivity index (χ3v) is 2.44. The number of aromatic nitrogens is 6. The fourth-order valence-corrected chi connectivity index (χ4v) is 1.70. The summed E-state index contributed by atoms with van der Waals surface area (Å²) in [5.74, 6) is 0.704. The number of hydrogen-bond acceptors (Lipinski definition) is 5. The maximum absolute atomic E-state index is 4.27. The lowest BCUT2D eigenvalue weighted by Gasteiger charge is -2.00. The van der Waals surface area contributed by atoms with Crippen molar-refractivity contribution >= 4 is 11.2 Å². The number of rotatable bonds is 3. The molecule has 3 rings (SSSR count). The minimum atomic E-state index is 0.640. The van der Waals surface area contributed by atoms with Gasteiger partial charge in [0.25, 0.3) is 0 Å². The van der Waals surface area contributed by atoms with E-state index in [1.54, 1.807) is 17.2 Å². The number of fused-ring (bicyclic) bond motifs is 1. The van der Waals surface area contributed by atoms with Crippen molar-refractivity contribution in [3.8, 4) is 5.82 Å². The molecule has 0 saturated carbocycles. The minimum Gasteiger partial charge on any atom is -0.340 e. The van der Waals surface area contributed by atoms with Crippen LogP contribution in [0.5, 0.6) is 0 Å². The van der Waals surface area contributed by atoms with Crippen LogP contribution in [0.3, 0.4) is 0 Å². The zero-order valence-electron chi connectivity index (χ0n) is 9.25. The summed E-state index contributed by atoms with van der Waals surface area (Å²) in [6, 6.07) is 0. The molecule has 3 aromatic rings. The molecule has 0 radical (unpaired) electrons. The van der Waals surface area contributed by atoms with Crippen LogP contribution in [0.25, 0.3) is 17.0 Å². The number of hydrogen-bond donors (Lipinski definition) is 2. The third-order valence-electron chi connectivity index (χ3n) is 2.44. The van der Waals surface area contributed by atoms with Crippen LogP contribution in [0.15, 0.2) is 25.0 Å². The van der Waals surface area contributed by atoms with Crippen LogP contribution >= 0.6 is 0 Å². The Morgan fingerprint density at radius 1 is 1.35 bits per heavy atom. The predicted molar refractivity (Wildman–Crippen MR) is 61.6 cm³/mol. The van der Waals surface area contributed by atoms with Gasteiger partial charge in [-0.1, -0.05) is 0 Å². The van der Waals surface area contributed by atoms with Crippen LogP contribution in [-0.4, -0.2) is 36.8 Å². The van der Waals surface area contributed by atoms with Gasteiger partial charge in [0.15, 0.2) is 11.5 Å². The second kappa shape index (κ2) is 3.95. The van der Waals surface area contributed by atoms with Crippen molar-refractivity contribution in [2.24, 2.45) is 0 Å². The van der Waals surface area contributed by atoms with Gasteiger partial charge in [-0.25, -0.2) is 19.6 Å². The zero-order chi connectivity index (χ0) is 11.7. The Kier molecular flexibility index (Phi) is 2.30. The Bertz CT molecular complexity index is 639. The van der Waals surface area contributed by atoms with Crippen molar-refractivity contribution in [1.29, 1.82) is 0 Å². The van der Waals surface area contributed by atoms with E-state index in [2.05, 4.69) is 30.4 Å². The Hall–Kier alpha value is -2.28. The average molecular weight is 229 g/mol. The van der Waals surface area contributed by atoms with Gasteiger partial charge in [0.2, 0.25) is 0 Å². The highest BCUT2D eigenvalue weighted by atomic mass is 15.3. The van der Waals surface area contributed by atoms with Gasteiger partial charge in [0.1, 0.15) is 11.8 Å². The van der Waals surface area contributed by atoms with E-state index in [-0.39, 0.29) is 0 Å². The maximum atomic E-state index is 4.27. The lowest BCUT2D eigenvalue weighted by molar-refractivity contribution is 0.814. The molecule has 0 aliphatic rings. The molecule has 0 aliphatic heterocycles. The van der Waals surface area contributed by atoms with Crippen LogP contribution < -0.4 is 5.32 Å². The maximum Gasteiger partial charge on any atom is 0.182 e. The van der Waals surface area contributed by atoms with Crippen LogP contribution in [-0.2, 0) is 6.54 Å². The normalized spacial score (nSPS) is 11.1. The number of H-pyrrole nitrogens is 1. The standard InChI is InChI=1S/C10H11N7/c1-11-2-7-3-16-17(4-7)10-8-9(13-5-12-8)14-6-15-10/h3-6,11H,2H2,1H3,(H,12,13,14,15). The molecule has 86 valence electrons. The second-order valence-electron chi connectivity index (χ2n) is 3.62. The summed E-state index contributed by atoms with van der Waals surface area (Å²) in [5.41, 5.74) is 2.52. The number of imidazole rings is 1. The van der Waals surface area contributed by atoms with Crippen molar-refractivity contribution in [3.05, 3.63) is 30.6 Å². The highest BCUT2D eigenvalue weighted by molar-refractivity contribution is 5.77. The summed E-state index contributed by atoms with van der Waals surface area (Å²) in [5, 5.41) is 7.35. The Balaban J connectivity index is 2.10. The van der Waals surface area contributed by atoms with Crippen molar-refractivity contribution in [2.75, 3.05) is 7.05 Å². The van der Waals surface area contributed by atoms with Gasteiger partial charge in [-0.2, -0.15) is 5.10 Å². The first-order chi connectivity index (χ1) is 8.38. The highest BCUT2D eigenvalue weighted by Gasteiger charge is 2.08. The fraction of sp³-hybridized carbons (Fsp3) is 0.200. The lowest BCUT2D eigenvalue weighted by atomic mass is 10.4. The number of aromatic amines is 1. The van der Waals surface area contributed by atoms with Gasteiger partial charge in [0.05, 0.1) is 12.5 Å². The molecule has 0 bridgehead atoms. The second-order valence-corrected chi connectivity index (χ2v) is 3.62. The molecule has 7 heteroatoms. The molecule has 0 unspecified atom stereocenters. The molecular weight excluding hydrogens is 218 g/mol. The Labute approximate surface area is 96.9 Å². The number of nitrogens with one attached hydrogen (secondary N) is 2. The predicted octanol–water partition coefficient (Wildman–Crippen LogP) is 0.258. The first-order valence-corrected chi connectivity index (χ1v) is 5.21. The summed E-state index contributed by atoms with van der Waals surface area (Å²) in [6.07, 6.45) is 6.82. The van der Waals surface area contributed by atoms with E-state index in [0.717, 1.165) is 17.6 Å². The molecule has 0 amide bonds. The van der Waals surface area contributed by atoms with Gasteiger partial charge in [-0.15, -0.1) is 0 Å². The topological polar surface area (TPSA) is 84.3 Å². The summed E-state index contributed by atoms with van der Waals surface area (Å²) >= 11 is 0. The van der Waals surface area contributed by atoms with Crippen LogP contribution in [0.4, 0.5) is 0 Å². The van der Waals surface area contributed by atoms with E-state index in [1.165, 1.54) is 6.33 Å². The molecule has 7 nitrogen and oxygen atoms in total. The van der Waals surface area contributed by atoms with E-state index in [4.69, 9.17) is 0 Å². The smallest absolute Gasteiger partial charge is 0.182 e. The highest BCUT2D eigenvalue weighted by Crippen LogP contribution is 2.13. The molecule has 0 aromatic carbocycles. The minimum absolute atomic E-state index is 0.640. The number of nitrogens with zero attached hydrogens (tertiary/aromatic N) is 5. The average Bonchev–Trinajstić information content (AvgIpc) is 2.96. The van der Waals surface area contributed by atoms with Crippen LogP contribution in [0, 0.1) is 0 Å². The SMILES string of the molecule is CNCc1cnn(-c2ncnc3nc[nH]c23)c1. The molecular formula is C10H11N7. The van der Waals surface area contributed by atoms with E-state index in [9.17, 15) is 0 Å². The quantitative estimate of drug-likeness (QED) is 0.673. The Morgan fingerprint density at radius 2 is 2.29 bits per heavy atom. The van der Waals surface area contributed by atoms with Gasteiger partial charge >= 0.3 is 0 Å². The van der Waals surface area contributed by atoms with Crippen molar-refractivity contribution in [3.63, 3.8) is 0 Å². The Morgan fingerprint density at radius 3 is 3.18 bits per heavy atom. The van der Waals surface area contributed by atoms with E-state index < -0.39 is 0 Å². The van der Waals surface area contributed by atoms with Crippen LogP contribution in [0.2, 0.25) is 0 Å². The first-order valence-electron chi connectivity index (χ1n) is 5.21. The zero-order valence-corrected chi connectivity index (χ0v) is 9.25. The van der Waals surface area contributed by atoms with Crippen LogP contribution in [0.1, 0.15) is 5.56 Å². The molecule has 0 saturated heterocycles. The molecule has 0 atom stereocenters. The summed E-state index contributed by atoms with van der Waals surface area (Å²) < 4.78 is 1.72. The molecule has 0 spiro atoms. The van der Waals surface area contributed by atoms with E-state index in [0.29, 0.717) is 11.5 Å². The van der Waals surface area contributed by atoms with Crippen molar-refractivity contribution < 1.29 is 0 Å². The van der Waals surface area contributed by atoms with E-state index >= 15 is 0 Å².